The molecule has 0 fully saturated rings. The first-order valence-corrected chi connectivity index (χ1v) is 5.33. The van der Waals surface area contributed by atoms with Gasteiger partial charge in [0.05, 0.1) is 12.7 Å². The van der Waals surface area contributed by atoms with Crippen molar-refractivity contribution in [3.05, 3.63) is 11.9 Å². The van der Waals surface area contributed by atoms with Gasteiger partial charge >= 0.3 is 12.0 Å². The van der Waals surface area contributed by atoms with Crippen LogP contribution in [0.4, 0.5) is 4.79 Å². The summed E-state index contributed by atoms with van der Waals surface area (Å²) in [6.07, 6.45) is 1.40. The van der Waals surface area contributed by atoms with E-state index in [2.05, 4.69) is 20.9 Å². The normalized spacial score (nSPS) is 11.6. The molecule has 1 unspecified atom stereocenters. The molecule has 0 radical (unpaired) electrons. The van der Waals surface area contributed by atoms with Crippen LogP contribution >= 0.6 is 0 Å². The Balaban J connectivity index is 2.43. The summed E-state index contributed by atoms with van der Waals surface area (Å²) in [5.74, 6) is -1.48. The first kappa shape index (κ1) is 14.4. The summed E-state index contributed by atoms with van der Waals surface area (Å²) in [4.78, 5) is 32.5. The fraction of sp³-hybridized carbons (Fsp3) is 0.444. The second-order valence-electron chi connectivity index (χ2n) is 3.75. The molecule has 1 rings (SSSR count). The highest BCUT2D eigenvalue weighted by atomic mass is 16.4. The number of nitrogens with one attached hydrogen (secondary N) is 2. The number of carboxylic acid groups (broad SMARTS) is 1. The molecule has 0 saturated carbocycles. The van der Waals surface area contributed by atoms with E-state index in [9.17, 15) is 14.4 Å². The zero-order chi connectivity index (χ0) is 14.4. The van der Waals surface area contributed by atoms with Gasteiger partial charge < -0.3 is 21.5 Å². The van der Waals surface area contributed by atoms with Gasteiger partial charge in [0.2, 0.25) is 5.91 Å². The monoisotopic (exact) mass is 270 g/mol. The highest BCUT2D eigenvalue weighted by Crippen LogP contribution is 1.93. The molecule has 0 spiro atoms. The van der Waals surface area contributed by atoms with E-state index in [1.165, 1.54) is 13.1 Å². The van der Waals surface area contributed by atoms with Crippen LogP contribution in [0.2, 0.25) is 0 Å². The highest BCUT2D eigenvalue weighted by molar-refractivity contribution is 5.86. The van der Waals surface area contributed by atoms with E-state index in [1.54, 1.807) is 0 Å². The minimum atomic E-state index is -1.04. The molecule has 1 aromatic heterocycles. The summed E-state index contributed by atoms with van der Waals surface area (Å²) in [6.45, 7) is 1.24. The van der Waals surface area contributed by atoms with Crippen LogP contribution in [0.25, 0.3) is 0 Å². The van der Waals surface area contributed by atoms with Gasteiger partial charge in [-0.2, -0.15) is 0 Å². The zero-order valence-electron chi connectivity index (χ0n) is 10.2. The zero-order valence-corrected chi connectivity index (χ0v) is 10.2. The molecule has 5 N–H and O–H groups in total. The van der Waals surface area contributed by atoms with E-state index >= 15 is 0 Å². The fourth-order valence-electron chi connectivity index (χ4n) is 1.25. The molecule has 10 heteroatoms. The number of urea groups is 1. The number of rotatable bonds is 6. The van der Waals surface area contributed by atoms with E-state index in [1.807, 2.05) is 0 Å². The standard InChI is InChI=1S/C9H14N6O4/c1-5(12-9(10)19)8(18)11-2-6-3-15(14-13-6)4-7(16)17/h3,5H,2,4H2,1H3,(H,11,18)(H,16,17)(H3,10,12,19). The molecule has 3 amide bonds. The van der Waals surface area contributed by atoms with Gasteiger partial charge in [0.25, 0.3) is 0 Å². The van der Waals surface area contributed by atoms with Crippen molar-refractivity contribution in [2.75, 3.05) is 0 Å². The lowest BCUT2D eigenvalue weighted by molar-refractivity contribution is -0.138. The van der Waals surface area contributed by atoms with Gasteiger partial charge in [0.1, 0.15) is 18.3 Å². The number of hydrogen-bond acceptors (Lipinski definition) is 5. The Kier molecular flexibility index (Phi) is 4.80. The number of carbonyl (C=O) groups excluding carboxylic acids is 2. The summed E-state index contributed by atoms with van der Waals surface area (Å²) in [5, 5.41) is 20.5. The molecule has 0 saturated heterocycles. The number of aromatic nitrogens is 3. The van der Waals surface area contributed by atoms with Crippen molar-refractivity contribution in [2.45, 2.75) is 26.1 Å². The molecule has 1 aromatic rings. The number of nitrogens with two attached hydrogens (primary N) is 1. The van der Waals surface area contributed by atoms with Crippen LogP contribution in [0, 0.1) is 0 Å². The first-order valence-electron chi connectivity index (χ1n) is 5.33. The van der Waals surface area contributed by atoms with Crippen molar-refractivity contribution in [3.63, 3.8) is 0 Å². The number of amides is 3. The van der Waals surface area contributed by atoms with Crippen LogP contribution in [0.3, 0.4) is 0 Å². The Morgan fingerprint density at radius 2 is 2.21 bits per heavy atom. The summed E-state index contributed by atoms with van der Waals surface area (Å²) < 4.78 is 1.13. The van der Waals surface area contributed by atoms with Crippen LogP contribution in [0.1, 0.15) is 12.6 Å². The van der Waals surface area contributed by atoms with Crippen LogP contribution in [0.5, 0.6) is 0 Å². The van der Waals surface area contributed by atoms with Crippen LogP contribution in [-0.4, -0.2) is 44.0 Å². The molecule has 104 valence electrons. The van der Waals surface area contributed by atoms with E-state index in [-0.39, 0.29) is 13.1 Å². The Morgan fingerprint density at radius 1 is 1.53 bits per heavy atom. The maximum atomic E-state index is 11.5. The number of nitrogens with zero attached hydrogens (tertiary/aromatic N) is 3. The lowest BCUT2D eigenvalue weighted by Crippen LogP contribution is -2.46. The quantitative estimate of drug-likeness (QED) is 0.470. The third-order valence-electron chi connectivity index (χ3n) is 2.08. The fourth-order valence-corrected chi connectivity index (χ4v) is 1.25. The molecule has 19 heavy (non-hydrogen) atoms. The highest BCUT2D eigenvalue weighted by Gasteiger charge is 2.14. The summed E-state index contributed by atoms with van der Waals surface area (Å²) in [6, 6.07) is -1.57. The van der Waals surface area contributed by atoms with Gasteiger partial charge in [-0.1, -0.05) is 5.21 Å². The molecule has 0 aliphatic heterocycles. The molecule has 1 atom stereocenters. The maximum absolute atomic E-state index is 11.5. The summed E-state index contributed by atoms with van der Waals surface area (Å²) >= 11 is 0. The molecule has 0 aliphatic carbocycles. The second kappa shape index (κ2) is 6.33. The largest absolute Gasteiger partial charge is 0.480 e. The predicted octanol–water partition coefficient (Wildman–Crippen LogP) is -1.96. The lowest BCUT2D eigenvalue weighted by Gasteiger charge is -2.11. The third-order valence-corrected chi connectivity index (χ3v) is 2.08. The summed E-state index contributed by atoms with van der Waals surface area (Å²) in [7, 11) is 0. The van der Waals surface area contributed by atoms with Crippen molar-refractivity contribution < 1.29 is 19.5 Å². The topological polar surface area (TPSA) is 152 Å². The van der Waals surface area contributed by atoms with Gasteiger partial charge in [-0.25, -0.2) is 9.48 Å². The Labute approximate surface area is 107 Å². The summed E-state index contributed by atoms with van der Waals surface area (Å²) in [5.41, 5.74) is 5.28. The van der Waals surface area contributed by atoms with E-state index < -0.39 is 23.9 Å². The number of primary amides is 1. The minimum Gasteiger partial charge on any atom is -0.480 e. The van der Waals surface area contributed by atoms with E-state index in [0.717, 1.165) is 4.68 Å². The number of aliphatic carboxylic acids is 1. The molecular formula is C9H14N6O4. The van der Waals surface area contributed by atoms with Gasteiger partial charge in [0.15, 0.2) is 0 Å². The SMILES string of the molecule is CC(NC(N)=O)C(=O)NCc1cn(CC(=O)O)nn1. The van der Waals surface area contributed by atoms with E-state index in [4.69, 9.17) is 10.8 Å². The number of hydrogen-bond donors (Lipinski definition) is 4. The Hall–Kier alpha value is -2.65. The third kappa shape index (κ3) is 5.02. The smallest absolute Gasteiger partial charge is 0.325 e. The van der Waals surface area contributed by atoms with Crippen molar-refractivity contribution in [1.29, 1.82) is 0 Å². The van der Waals surface area contributed by atoms with Crippen molar-refractivity contribution in [3.8, 4) is 0 Å². The van der Waals surface area contributed by atoms with Gasteiger partial charge in [-0.15, -0.1) is 5.10 Å². The van der Waals surface area contributed by atoms with Gasteiger partial charge in [0, 0.05) is 0 Å². The average Bonchev–Trinajstić information content (AvgIpc) is 2.71. The van der Waals surface area contributed by atoms with Gasteiger partial charge in [-0.3, -0.25) is 9.59 Å². The van der Waals surface area contributed by atoms with Crippen LogP contribution in [-0.2, 0) is 22.7 Å². The van der Waals surface area contributed by atoms with Crippen molar-refractivity contribution >= 4 is 17.9 Å². The molecule has 0 bridgehead atoms. The molecule has 1 heterocycles. The molecule has 0 aromatic carbocycles. The number of carbonyl (C=O) groups is 3. The molecule has 10 nitrogen and oxygen atoms in total. The minimum absolute atomic E-state index is 0.0727. The van der Waals surface area contributed by atoms with Gasteiger partial charge in [-0.05, 0) is 6.92 Å². The first-order chi connectivity index (χ1) is 8.88. The second-order valence-corrected chi connectivity index (χ2v) is 3.75. The van der Waals surface area contributed by atoms with Crippen molar-refractivity contribution in [2.24, 2.45) is 5.73 Å². The average molecular weight is 270 g/mol. The van der Waals surface area contributed by atoms with Crippen LogP contribution in [0.15, 0.2) is 6.20 Å². The molecular weight excluding hydrogens is 256 g/mol. The maximum Gasteiger partial charge on any atom is 0.325 e. The lowest BCUT2D eigenvalue weighted by atomic mass is 10.3. The Morgan fingerprint density at radius 3 is 2.79 bits per heavy atom. The molecule has 0 aliphatic rings. The van der Waals surface area contributed by atoms with Crippen molar-refractivity contribution in [1.82, 2.24) is 25.6 Å². The van der Waals surface area contributed by atoms with E-state index in [0.29, 0.717) is 5.69 Å². The van der Waals surface area contributed by atoms with Crippen LogP contribution < -0.4 is 16.4 Å². The number of carboxylic acids is 1. The Bertz CT molecular complexity index is 485. The predicted molar refractivity (Wildman–Crippen MR) is 61.7 cm³/mol.